The second-order valence-electron chi connectivity index (χ2n) is 18.6. The number of aliphatic hydroxyl groups is 2. The molecule has 0 aliphatic rings. The van der Waals surface area contributed by atoms with E-state index in [-0.39, 0.29) is 12.5 Å². The first-order chi connectivity index (χ1) is 30.7. The van der Waals surface area contributed by atoms with Gasteiger partial charge in [-0.05, 0) is 70.6 Å². The third-order valence-corrected chi connectivity index (χ3v) is 12.4. The van der Waals surface area contributed by atoms with Crippen LogP contribution in [0.5, 0.6) is 0 Å². The zero-order valence-corrected chi connectivity index (χ0v) is 41.6. The number of hydrogen-bond donors (Lipinski definition) is 3. The average Bonchev–Trinajstić information content (AvgIpc) is 3.28. The number of carbonyl (C=O) groups excluding carboxylic acids is 1. The second kappa shape index (κ2) is 53.4. The molecule has 4 nitrogen and oxygen atoms in total. The van der Waals surface area contributed by atoms with E-state index in [1.165, 1.54) is 212 Å². The minimum absolute atomic E-state index is 0.0769. The Bertz CT molecular complexity index is 1030. The number of amides is 1. The lowest BCUT2D eigenvalue weighted by Gasteiger charge is -2.19. The molecule has 0 heterocycles. The normalized spacial score (nSPS) is 13.3. The molecule has 0 saturated heterocycles. The van der Waals surface area contributed by atoms with Gasteiger partial charge in [-0.2, -0.15) is 0 Å². The molecule has 0 aromatic heterocycles. The Balaban J connectivity index is 3.38. The van der Waals surface area contributed by atoms with Crippen molar-refractivity contribution in [2.75, 3.05) is 6.61 Å². The van der Waals surface area contributed by atoms with E-state index in [1.807, 2.05) is 6.08 Å². The van der Waals surface area contributed by atoms with Gasteiger partial charge in [-0.1, -0.05) is 267 Å². The molecule has 0 fully saturated rings. The molecule has 4 heteroatoms. The van der Waals surface area contributed by atoms with Crippen LogP contribution >= 0.6 is 0 Å². The molecule has 0 aromatic carbocycles. The maximum absolute atomic E-state index is 12.4. The molecule has 0 aliphatic carbocycles. The van der Waals surface area contributed by atoms with Crippen LogP contribution in [0.2, 0.25) is 0 Å². The van der Waals surface area contributed by atoms with E-state index in [2.05, 4.69) is 67.8 Å². The predicted molar refractivity (Wildman–Crippen MR) is 276 cm³/mol. The standard InChI is InChI=1S/C58H107NO3/c1-3-5-7-9-11-13-15-16-17-18-19-20-21-22-23-24-25-26-27-28-29-30-31-32-33-34-35-36-37-38-39-40-41-42-44-46-48-50-52-54-58(62)59-56(55-60)57(61)53-51-49-47-45-43-14-12-10-8-6-4-2/h8,10,15-16,18-19,43,45,51,53,56-57,60-61H,3-7,9,11-14,17,20-42,44,46-50,52,54-55H2,1-2H3,(H,59,62)/b10-8+,16-15-,19-18-,45-43+,53-51+. The van der Waals surface area contributed by atoms with Gasteiger partial charge >= 0.3 is 0 Å². The summed E-state index contributed by atoms with van der Waals surface area (Å²) in [6.07, 6.45) is 75.5. The van der Waals surface area contributed by atoms with Gasteiger partial charge in [-0.3, -0.25) is 4.79 Å². The van der Waals surface area contributed by atoms with Gasteiger partial charge in [-0.25, -0.2) is 0 Å². The molecule has 0 aliphatic heterocycles. The lowest BCUT2D eigenvalue weighted by atomic mass is 10.0. The van der Waals surface area contributed by atoms with Crippen molar-refractivity contribution in [3.8, 4) is 0 Å². The van der Waals surface area contributed by atoms with Gasteiger partial charge in [-0.15, -0.1) is 0 Å². The van der Waals surface area contributed by atoms with E-state index in [9.17, 15) is 15.0 Å². The smallest absolute Gasteiger partial charge is 0.220 e. The van der Waals surface area contributed by atoms with E-state index in [1.54, 1.807) is 6.08 Å². The summed E-state index contributed by atoms with van der Waals surface area (Å²) in [4.78, 5) is 12.4. The van der Waals surface area contributed by atoms with Gasteiger partial charge in [0, 0.05) is 6.42 Å². The molecule has 2 atom stereocenters. The number of nitrogens with one attached hydrogen (secondary N) is 1. The van der Waals surface area contributed by atoms with E-state index in [4.69, 9.17) is 0 Å². The molecule has 0 bridgehead atoms. The molecular weight excluding hydrogens is 759 g/mol. The number of rotatable bonds is 50. The molecule has 0 saturated carbocycles. The van der Waals surface area contributed by atoms with Crippen LogP contribution in [-0.4, -0.2) is 34.9 Å². The molecule has 0 radical (unpaired) electrons. The van der Waals surface area contributed by atoms with Crippen molar-refractivity contribution in [3.05, 3.63) is 60.8 Å². The lowest BCUT2D eigenvalue weighted by molar-refractivity contribution is -0.123. The van der Waals surface area contributed by atoms with Crippen LogP contribution in [0.25, 0.3) is 0 Å². The fourth-order valence-electron chi connectivity index (χ4n) is 8.25. The number of allylic oxidation sites excluding steroid dienone is 9. The summed E-state index contributed by atoms with van der Waals surface area (Å²) in [7, 11) is 0. The summed E-state index contributed by atoms with van der Waals surface area (Å²) in [5.74, 6) is -0.0769. The lowest BCUT2D eigenvalue weighted by Crippen LogP contribution is -2.45. The highest BCUT2D eigenvalue weighted by atomic mass is 16.3. The quantitative estimate of drug-likeness (QED) is 0.0421. The topological polar surface area (TPSA) is 69.6 Å². The summed E-state index contributed by atoms with van der Waals surface area (Å²) in [5.41, 5.74) is 0. The van der Waals surface area contributed by atoms with Crippen LogP contribution in [0.4, 0.5) is 0 Å². The predicted octanol–water partition coefficient (Wildman–Crippen LogP) is 18.0. The SMILES string of the molecule is CCC/C=C/CC/C=C/CC/C=C/C(O)C(CO)NC(=O)CCCCCCCCCCCCCCCCCCCCCCCCCCCCC/C=C\C/C=C\CCCCCCC. The highest BCUT2D eigenvalue weighted by Crippen LogP contribution is 2.17. The van der Waals surface area contributed by atoms with Gasteiger partial charge in [0.15, 0.2) is 0 Å². The maximum Gasteiger partial charge on any atom is 0.220 e. The molecule has 0 spiro atoms. The largest absolute Gasteiger partial charge is 0.394 e. The molecule has 0 aromatic rings. The Morgan fingerprint density at radius 2 is 0.710 bits per heavy atom. The van der Waals surface area contributed by atoms with Gasteiger partial charge in [0.05, 0.1) is 18.8 Å². The van der Waals surface area contributed by atoms with Crippen molar-refractivity contribution in [1.29, 1.82) is 0 Å². The van der Waals surface area contributed by atoms with Gasteiger partial charge in [0.25, 0.3) is 0 Å². The molecule has 62 heavy (non-hydrogen) atoms. The van der Waals surface area contributed by atoms with Crippen molar-refractivity contribution in [1.82, 2.24) is 5.32 Å². The van der Waals surface area contributed by atoms with Gasteiger partial charge < -0.3 is 15.5 Å². The van der Waals surface area contributed by atoms with Crippen molar-refractivity contribution >= 4 is 5.91 Å². The number of aliphatic hydroxyl groups excluding tert-OH is 2. The van der Waals surface area contributed by atoms with E-state index in [0.717, 1.165) is 51.4 Å². The van der Waals surface area contributed by atoms with E-state index < -0.39 is 12.1 Å². The zero-order chi connectivity index (χ0) is 44.9. The number of carbonyl (C=O) groups is 1. The number of hydrogen-bond acceptors (Lipinski definition) is 3. The summed E-state index contributed by atoms with van der Waals surface area (Å²) < 4.78 is 0. The van der Waals surface area contributed by atoms with Crippen LogP contribution in [0.3, 0.4) is 0 Å². The highest BCUT2D eigenvalue weighted by molar-refractivity contribution is 5.76. The number of unbranched alkanes of at least 4 members (excludes halogenated alkanes) is 35. The van der Waals surface area contributed by atoms with Crippen molar-refractivity contribution in [3.63, 3.8) is 0 Å². The fourth-order valence-corrected chi connectivity index (χ4v) is 8.25. The molecule has 362 valence electrons. The first kappa shape index (κ1) is 60.1. The minimum atomic E-state index is -0.868. The van der Waals surface area contributed by atoms with Crippen LogP contribution < -0.4 is 5.32 Å². The van der Waals surface area contributed by atoms with E-state index >= 15 is 0 Å². The second-order valence-corrected chi connectivity index (χ2v) is 18.6. The summed E-state index contributed by atoms with van der Waals surface area (Å²) in [5, 5.41) is 22.9. The third kappa shape index (κ3) is 49.1. The maximum atomic E-state index is 12.4. The minimum Gasteiger partial charge on any atom is -0.394 e. The third-order valence-electron chi connectivity index (χ3n) is 12.4. The van der Waals surface area contributed by atoms with Crippen molar-refractivity contribution in [2.45, 2.75) is 296 Å². The van der Waals surface area contributed by atoms with E-state index in [0.29, 0.717) is 6.42 Å². The van der Waals surface area contributed by atoms with Gasteiger partial charge in [0.2, 0.25) is 5.91 Å². The Kier molecular flexibility index (Phi) is 51.8. The molecule has 1 amide bonds. The molecule has 0 rings (SSSR count). The van der Waals surface area contributed by atoms with Crippen LogP contribution in [0.1, 0.15) is 284 Å². The van der Waals surface area contributed by atoms with Gasteiger partial charge in [0.1, 0.15) is 0 Å². The molecular formula is C58H107NO3. The first-order valence-corrected chi connectivity index (χ1v) is 27.5. The molecule has 3 N–H and O–H groups in total. The summed E-state index contributed by atoms with van der Waals surface area (Å²) in [6, 6.07) is -0.643. The Hall–Kier alpha value is -1.91. The van der Waals surface area contributed by atoms with Crippen LogP contribution in [0.15, 0.2) is 60.8 Å². The average molecular weight is 866 g/mol. The summed E-state index contributed by atoms with van der Waals surface area (Å²) >= 11 is 0. The molecule has 2 unspecified atom stereocenters. The van der Waals surface area contributed by atoms with Crippen molar-refractivity contribution < 1.29 is 15.0 Å². The van der Waals surface area contributed by atoms with Crippen LogP contribution in [-0.2, 0) is 4.79 Å². The first-order valence-electron chi connectivity index (χ1n) is 27.5. The Labute approximate surface area is 387 Å². The Morgan fingerprint density at radius 3 is 1.08 bits per heavy atom. The highest BCUT2D eigenvalue weighted by Gasteiger charge is 2.18. The Morgan fingerprint density at radius 1 is 0.387 bits per heavy atom. The van der Waals surface area contributed by atoms with Crippen LogP contribution in [0, 0.1) is 0 Å². The zero-order valence-electron chi connectivity index (χ0n) is 41.6. The monoisotopic (exact) mass is 866 g/mol. The fraction of sp³-hybridized carbons (Fsp3) is 0.810. The van der Waals surface area contributed by atoms with Crippen molar-refractivity contribution in [2.24, 2.45) is 0 Å². The summed E-state index contributed by atoms with van der Waals surface area (Å²) in [6.45, 7) is 4.21.